The molecule has 8 heteroatoms. The van der Waals surface area contributed by atoms with Gasteiger partial charge in [-0.3, -0.25) is 4.79 Å². The molecule has 0 saturated carbocycles. The minimum absolute atomic E-state index is 0.585. The number of aliphatic hydroxyl groups is 5. The van der Waals surface area contributed by atoms with Crippen molar-refractivity contribution in [2.45, 2.75) is 96.7 Å². The van der Waals surface area contributed by atoms with E-state index in [0.717, 1.165) is 19.3 Å². The second kappa shape index (κ2) is 13.8. The van der Waals surface area contributed by atoms with Gasteiger partial charge in [-0.05, 0) is 37.7 Å². The molecular formula is C21H38O8. The number of rotatable bonds is 15. The zero-order valence-electron chi connectivity index (χ0n) is 17.9. The SMILES string of the molecule is CC(=CC(=O)C(O)[C@H](O)[C@@H](O)[C@H](O)[C@H](O)C(=O)O)CCCC(C)CCCC(C)C. The first-order valence-corrected chi connectivity index (χ1v) is 10.2. The van der Waals surface area contributed by atoms with Gasteiger partial charge in [0.05, 0.1) is 0 Å². The van der Waals surface area contributed by atoms with Gasteiger partial charge in [-0.1, -0.05) is 52.0 Å². The summed E-state index contributed by atoms with van der Waals surface area (Å²) in [5, 5.41) is 56.7. The molecule has 0 radical (unpaired) electrons. The standard InChI is InChI=1S/C21H38O8/c1-12(2)7-5-8-13(3)9-6-10-14(4)11-15(22)16(23)17(24)18(25)19(26)20(27)21(28)29/h11-13,16-20,23-27H,5-10H2,1-4H3,(H,28,29)/t13?,16?,17-,18+,19-,20-/m0/s1. The van der Waals surface area contributed by atoms with E-state index in [1.165, 1.54) is 18.9 Å². The summed E-state index contributed by atoms with van der Waals surface area (Å²) in [4.78, 5) is 22.7. The third-order valence-electron chi connectivity index (χ3n) is 5.03. The van der Waals surface area contributed by atoms with Crippen LogP contribution in [0, 0.1) is 11.8 Å². The molecule has 0 aliphatic rings. The molecule has 8 nitrogen and oxygen atoms in total. The molecular weight excluding hydrogens is 380 g/mol. The summed E-state index contributed by atoms with van der Waals surface area (Å²) in [6.45, 7) is 8.33. The molecule has 170 valence electrons. The highest BCUT2D eigenvalue weighted by atomic mass is 16.4. The molecule has 0 aromatic heterocycles. The average Bonchev–Trinajstić information content (AvgIpc) is 2.64. The highest BCUT2D eigenvalue weighted by Crippen LogP contribution is 2.19. The molecule has 6 N–H and O–H groups in total. The molecule has 0 aliphatic heterocycles. The van der Waals surface area contributed by atoms with Crippen LogP contribution < -0.4 is 0 Å². The summed E-state index contributed by atoms with van der Waals surface area (Å²) in [5.41, 5.74) is 0.705. The maximum Gasteiger partial charge on any atom is 0.335 e. The summed E-state index contributed by atoms with van der Waals surface area (Å²) in [7, 11) is 0. The van der Waals surface area contributed by atoms with Crippen LogP contribution in [-0.4, -0.2) is 72.9 Å². The molecule has 0 fully saturated rings. The summed E-state index contributed by atoms with van der Waals surface area (Å²) >= 11 is 0. The Kier molecular flexibility index (Phi) is 13.2. The Labute approximate surface area is 172 Å². The number of ketones is 1. The zero-order valence-corrected chi connectivity index (χ0v) is 17.9. The highest BCUT2D eigenvalue weighted by Gasteiger charge is 2.38. The quantitative estimate of drug-likeness (QED) is 0.215. The Morgan fingerprint density at radius 3 is 1.83 bits per heavy atom. The van der Waals surface area contributed by atoms with Crippen LogP contribution in [0.1, 0.15) is 66.2 Å². The summed E-state index contributed by atoms with van der Waals surface area (Å²) < 4.78 is 0. The van der Waals surface area contributed by atoms with Gasteiger partial charge in [0.1, 0.15) is 24.4 Å². The molecule has 0 spiro atoms. The first-order valence-electron chi connectivity index (χ1n) is 10.2. The van der Waals surface area contributed by atoms with Crippen molar-refractivity contribution in [1.29, 1.82) is 0 Å². The van der Waals surface area contributed by atoms with Crippen LogP contribution in [0.5, 0.6) is 0 Å². The van der Waals surface area contributed by atoms with Gasteiger partial charge in [0.2, 0.25) is 0 Å². The number of carbonyl (C=O) groups excluding carboxylic acids is 1. The topological polar surface area (TPSA) is 156 Å². The van der Waals surface area contributed by atoms with Crippen molar-refractivity contribution >= 4 is 11.8 Å². The minimum atomic E-state index is -2.36. The average molecular weight is 419 g/mol. The van der Waals surface area contributed by atoms with Crippen LogP contribution in [0.3, 0.4) is 0 Å². The zero-order chi connectivity index (χ0) is 22.7. The van der Waals surface area contributed by atoms with Crippen molar-refractivity contribution in [3.05, 3.63) is 11.6 Å². The second-order valence-corrected chi connectivity index (χ2v) is 8.41. The second-order valence-electron chi connectivity index (χ2n) is 8.41. The van der Waals surface area contributed by atoms with Crippen LogP contribution in [0.25, 0.3) is 0 Å². The van der Waals surface area contributed by atoms with E-state index in [9.17, 15) is 35.1 Å². The van der Waals surface area contributed by atoms with Gasteiger partial charge in [0, 0.05) is 0 Å². The van der Waals surface area contributed by atoms with Crippen molar-refractivity contribution in [2.24, 2.45) is 11.8 Å². The van der Waals surface area contributed by atoms with Gasteiger partial charge in [-0.15, -0.1) is 0 Å². The predicted octanol–water partition coefficient (Wildman–Crippen LogP) is 1.02. The van der Waals surface area contributed by atoms with E-state index < -0.39 is 42.3 Å². The lowest BCUT2D eigenvalue weighted by Gasteiger charge is -2.26. The van der Waals surface area contributed by atoms with Crippen molar-refractivity contribution in [3.63, 3.8) is 0 Å². The van der Waals surface area contributed by atoms with E-state index in [1.807, 2.05) is 0 Å². The van der Waals surface area contributed by atoms with Crippen molar-refractivity contribution in [1.82, 2.24) is 0 Å². The van der Waals surface area contributed by atoms with Crippen molar-refractivity contribution < 1.29 is 40.2 Å². The fourth-order valence-corrected chi connectivity index (χ4v) is 3.04. The molecule has 0 amide bonds. The van der Waals surface area contributed by atoms with Crippen molar-refractivity contribution in [3.8, 4) is 0 Å². The third-order valence-corrected chi connectivity index (χ3v) is 5.03. The summed E-state index contributed by atoms with van der Waals surface area (Å²) in [6, 6.07) is 0. The monoisotopic (exact) mass is 418 g/mol. The minimum Gasteiger partial charge on any atom is -0.479 e. The van der Waals surface area contributed by atoms with Gasteiger partial charge in [0.15, 0.2) is 11.9 Å². The number of hydrogen-bond donors (Lipinski definition) is 6. The number of carboxylic acids is 1. The van der Waals surface area contributed by atoms with Gasteiger partial charge < -0.3 is 30.6 Å². The molecule has 0 aromatic carbocycles. The number of aliphatic hydroxyl groups excluding tert-OH is 5. The molecule has 0 aromatic rings. The number of carbonyl (C=O) groups is 2. The first kappa shape index (κ1) is 27.7. The first-order chi connectivity index (χ1) is 13.4. The van der Waals surface area contributed by atoms with E-state index in [1.54, 1.807) is 6.92 Å². The molecule has 0 heterocycles. The fourth-order valence-electron chi connectivity index (χ4n) is 3.04. The highest BCUT2D eigenvalue weighted by molar-refractivity contribution is 5.94. The van der Waals surface area contributed by atoms with Gasteiger partial charge in [-0.2, -0.15) is 0 Å². The van der Waals surface area contributed by atoms with Crippen LogP contribution in [0.15, 0.2) is 11.6 Å². The van der Waals surface area contributed by atoms with E-state index in [4.69, 9.17) is 5.11 Å². The Bertz CT molecular complexity index is 531. The van der Waals surface area contributed by atoms with E-state index in [-0.39, 0.29) is 0 Å². The van der Waals surface area contributed by atoms with Crippen LogP contribution in [0.2, 0.25) is 0 Å². The maximum absolute atomic E-state index is 12.1. The Balaban J connectivity index is 4.51. The predicted molar refractivity (Wildman–Crippen MR) is 108 cm³/mol. The smallest absolute Gasteiger partial charge is 0.335 e. The van der Waals surface area contributed by atoms with E-state index in [2.05, 4.69) is 20.8 Å². The normalized spacial score (nSPS) is 18.8. The number of aliphatic carboxylic acids is 1. The molecule has 0 bridgehead atoms. The summed E-state index contributed by atoms with van der Waals surface area (Å²) in [5.74, 6) is -1.39. The van der Waals surface area contributed by atoms with E-state index in [0.29, 0.717) is 23.8 Å². The number of hydrogen-bond acceptors (Lipinski definition) is 7. The maximum atomic E-state index is 12.1. The Hall–Kier alpha value is -1.32. The van der Waals surface area contributed by atoms with Crippen LogP contribution >= 0.6 is 0 Å². The lowest BCUT2D eigenvalue weighted by molar-refractivity contribution is -0.169. The largest absolute Gasteiger partial charge is 0.479 e. The third kappa shape index (κ3) is 10.9. The van der Waals surface area contributed by atoms with Crippen LogP contribution in [-0.2, 0) is 9.59 Å². The van der Waals surface area contributed by atoms with Crippen LogP contribution in [0.4, 0.5) is 0 Å². The lowest BCUT2D eigenvalue weighted by Crippen LogP contribution is -2.52. The molecule has 0 saturated heterocycles. The van der Waals surface area contributed by atoms with Crippen molar-refractivity contribution in [2.75, 3.05) is 0 Å². The Morgan fingerprint density at radius 1 is 0.793 bits per heavy atom. The Morgan fingerprint density at radius 2 is 1.31 bits per heavy atom. The molecule has 29 heavy (non-hydrogen) atoms. The van der Waals surface area contributed by atoms with Gasteiger partial charge >= 0.3 is 5.97 Å². The molecule has 0 rings (SSSR count). The van der Waals surface area contributed by atoms with Gasteiger partial charge in [0.25, 0.3) is 0 Å². The lowest BCUT2D eigenvalue weighted by atomic mass is 9.93. The molecule has 2 unspecified atom stereocenters. The molecule has 0 aliphatic carbocycles. The number of carboxylic acid groups (broad SMARTS) is 1. The fraction of sp³-hybridized carbons (Fsp3) is 0.810. The number of allylic oxidation sites excluding steroid dienone is 1. The summed E-state index contributed by atoms with van der Waals surface area (Å²) in [6.07, 6.45) is -3.74. The van der Waals surface area contributed by atoms with Gasteiger partial charge in [-0.25, -0.2) is 4.79 Å². The van der Waals surface area contributed by atoms with E-state index >= 15 is 0 Å². The molecule has 6 atom stereocenters.